The van der Waals surface area contributed by atoms with E-state index in [1.54, 1.807) is 18.7 Å². The smallest absolute Gasteiger partial charge is 0.411 e. The van der Waals surface area contributed by atoms with Crippen molar-refractivity contribution >= 4 is 22.0 Å². The molecule has 6 heteroatoms. The second-order valence-electron chi connectivity index (χ2n) is 5.99. The minimum absolute atomic E-state index is 0.404. The highest BCUT2D eigenvalue weighted by Crippen LogP contribution is 2.41. The molecule has 0 aromatic heterocycles. The number of rotatable bonds is 6. The normalized spacial score (nSPS) is 20.3. The largest absolute Gasteiger partial charge is 0.441 e. The number of benzene rings is 1. The lowest BCUT2D eigenvalue weighted by molar-refractivity contribution is 0.0674. The van der Waals surface area contributed by atoms with Crippen LogP contribution in [0.1, 0.15) is 44.7 Å². The van der Waals surface area contributed by atoms with Gasteiger partial charge in [0.15, 0.2) is 11.6 Å². The molecule has 3 nitrogen and oxygen atoms in total. The summed E-state index contributed by atoms with van der Waals surface area (Å²) >= 11 is 3.37. The van der Waals surface area contributed by atoms with Gasteiger partial charge < -0.3 is 4.74 Å². The molecular formula is C16H20BrF2NO2. The molecule has 1 saturated heterocycles. The van der Waals surface area contributed by atoms with Gasteiger partial charge in [0.2, 0.25) is 0 Å². The maximum Gasteiger partial charge on any atom is 0.411 e. The number of ether oxygens (including phenoxy) is 1. The number of halogens is 3. The quantitative estimate of drug-likeness (QED) is 0.527. The van der Waals surface area contributed by atoms with Crippen molar-refractivity contribution in [2.24, 2.45) is 0 Å². The van der Waals surface area contributed by atoms with E-state index in [1.807, 2.05) is 0 Å². The molecule has 0 spiro atoms. The van der Waals surface area contributed by atoms with Crippen LogP contribution in [0.4, 0.5) is 13.6 Å². The SMILES string of the molecule is CC1(C)OC(=O)N(CCCCCBr)C1c1ccc(F)c(F)c1. The van der Waals surface area contributed by atoms with E-state index in [2.05, 4.69) is 15.9 Å². The third kappa shape index (κ3) is 3.59. The summed E-state index contributed by atoms with van der Waals surface area (Å²) in [7, 11) is 0. The Balaban J connectivity index is 2.22. The van der Waals surface area contributed by atoms with E-state index in [9.17, 15) is 13.6 Å². The summed E-state index contributed by atoms with van der Waals surface area (Å²) in [6.45, 7) is 4.11. The molecule has 1 aliphatic rings. The van der Waals surface area contributed by atoms with E-state index in [4.69, 9.17) is 4.74 Å². The van der Waals surface area contributed by atoms with Gasteiger partial charge in [-0.3, -0.25) is 4.90 Å². The van der Waals surface area contributed by atoms with E-state index >= 15 is 0 Å². The number of carbonyl (C=O) groups excluding carboxylic acids is 1. The van der Waals surface area contributed by atoms with Gasteiger partial charge in [-0.25, -0.2) is 13.6 Å². The molecular weight excluding hydrogens is 356 g/mol. The second kappa shape index (κ2) is 6.94. The highest BCUT2D eigenvalue weighted by atomic mass is 79.9. The van der Waals surface area contributed by atoms with Crippen molar-refractivity contribution in [3.05, 3.63) is 35.4 Å². The number of amides is 1. The molecule has 1 aliphatic heterocycles. The number of hydrogen-bond donors (Lipinski definition) is 0. The Kier molecular flexibility index (Phi) is 5.42. The number of carbonyl (C=O) groups is 1. The highest BCUT2D eigenvalue weighted by molar-refractivity contribution is 9.09. The molecule has 0 aliphatic carbocycles. The third-order valence-electron chi connectivity index (χ3n) is 3.85. The lowest BCUT2D eigenvalue weighted by atomic mass is 9.91. The Morgan fingerprint density at radius 1 is 1.23 bits per heavy atom. The first kappa shape index (κ1) is 17.2. The zero-order valence-corrected chi connectivity index (χ0v) is 14.3. The first-order chi connectivity index (χ1) is 10.4. The predicted molar refractivity (Wildman–Crippen MR) is 84.0 cm³/mol. The van der Waals surface area contributed by atoms with E-state index in [0.29, 0.717) is 12.1 Å². The standard InChI is InChI=1S/C16H20BrF2NO2/c1-16(2)14(11-6-7-12(18)13(19)10-11)20(15(21)22-16)9-5-3-4-8-17/h6-7,10,14H,3-5,8-9H2,1-2H3. The van der Waals surface area contributed by atoms with Crippen molar-refractivity contribution in [3.8, 4) is 0 Å². The van der Waals surface area contributed by atoms with E-state index in [0.717, 1.165) is 36.7 Å². The molecule has 1 atom stereocenters. The van der Waals surface area contributed by atoms with Gasteiger partial charge in [0.1, 0.15) is 5.60 Å². The third-order valence-corrected chi connectivity index (χ3v) is 4.41. The fraction of sp³-hybridized carbons (Fsp3) is 0.562. The molecule has 1 aromatic rings. The minimum atomic E-state index is -0.910. The van der Waals surface area contributed by atoms with Gasteiger partial charge in [0.25, 0.3) is 0 Å². The Morgan fingerprint density at radius 3 is 2.59 bits per heavy atom. The van der Waals surface area contributed by atoms with Crippen LogP contribution in [0.3, 0.4) is 0 Å². The lowest BCUT2D eigenvalue weighted by Gasteiger charge is -2.29. The Morgan fingerprint density at radius 2 is 1.95 bits per heavy atom. The molecule has 22 heavy (non-hydrogen) atoms. The second-order valence-corrected chi connectivity index (χ2v) is 6.78. The summed E-state index contributed by atoms with van der Waals surface area (Å²) in [5, 5.41) is 0.926. The zero-order chi connectivity index (χ0) is 16.3. The van der Waals surface area contributed by atoms with Crippen molar-refractivity contribution in [2.75, 3.05) is 11.9 Å². The number of hydrogen-bond acceptors (Lipinski definition) is 2. The summed E-state index contributed by atoms with van der Waals surface area (Å²) in [6.07, 6.45) is 2.46. The Labute approximate surface area is 137 Å². The van der Waals surface area contributed by atoms with Gasteiger partial charge >= 0.3 is 6.09 Å². The number of cyclic esters (lactones) is 1. The van der Waals surface area contributed by atoms with Gasteiger partial charge in [-0.2, -0.15) is 0 Å². The van der Waals surface area contributed by atoms with Crippen LogP contribution < -0.4 is 0 Å². The van der Waals surface area contributed by atoms with Crippen LogP contribution in [0.2, 0.25) is 0 Å². The average Bonchev–Trinajstić information content (AvgIpc) is 2.67. The Hall–Kier alpha value is -1.17. The highest BCUT2D eigenvalue weighted by Gasteiger charge is 2.48. The maximum atomic E-state index is 13.5. The molecule has 0 radical (unpaired) electrons. The van der Waals surface area contributed by atoms with Crippen molar-refractivity contribution in [1.29, 1.82) is 0 Å². The van der Waals surface area contributed by atoms with Crippen LogP contribution in [-0.4, -0.2) is 28.5 Å². The van der Waals surface area contributed by atoms with Crippen LogP contribution in [0.15, 0.2) is 18.2 Å². The van der Waals surface area contributed by atoms with Crippen molar-refractivity contribution in [1.82, 2.24) is 4.90 Å². The molecule has 0 bridgehead atoms. The molecule has 1 heterocycles. The molecule has 0 saturated carbocycles. The Bertz CT molecular complexity index is 551. The molecule has 1 amide bonds. The maximum absolute atomic E-state index is 13.5. The van der Waals surface area contributed by atoms with Crippen molar-refractivity contribution in [3.63, 3.8) is 0 Å². The summed E-state index contributed by atoms with van der Waals surface area (Å²) in [5.74, 6) is -1.80. The van der Waals surface area contributed by atoms with Crippen LogP contribution >= 0.6 is 15.9 Å². The van der Waals surface area contributed by atoms with Gasteiger partial charge in [0, 0.05) is 11.9 Å². The van der Waals surface area contributed by atoms with Gasteiger partial charge in [0.05, 0.1) is 6.04 Å². The summed E-state index contributed by atoms with van der Waals surface area (Å²) < 4.78 is 32.1. The first-order valence-corrected chi connectivity index (χ1v) is 8.49. The summed E-state index contributed by atoms with van der Waals surface area (Å²) in [4.78, 5) is 13.7. The minimum Gasteiger partial charge on any atom is -0.441 e. The number of alkyl halides is 1. The van der Waals surface area contributed by atoms with Gasteiger partial charge in [-0.15, -0.1) is 0 Å². The fourth-order valence-electron chi connectivity index (χ4n) is 2.86. The van der Waals surface area contributed by atoms with E-state index in [1.165, 1.54) is 6.07 Å². The average molecular weight is 376 g/mol. The van der Waals surface area contributed by atoms with Crippen LogP contribution in [0.25, 0.3) is 0 Å². The monoisotopic (exact) mass is 375 g/mol. The molecule has 122 valence electrons. The van der Waals surface area contributed by atoms with Gasteiger partial charge in [-0.1, -0.05) is 28.4 Å². The van der Waals surface area contributed by atoms with E-state index in [-0.39, 0.29) is 0 Å². The fourth-order valence-corrected chi connectivity index (χ4v) is 3.25. The lowest BCUT2D eigenvalue weighted by Crippen LogP contribution is -2.34. The van der Waals surface area contributed by atoms with Crippen LogP contribution in [0, 0.1) is 11.6 Å². The van der Waals surface area contributed by atoms with Crippen molar-refractivity contribution in [2.45, 2.75) is 44.8 Å². The molecule has 0 N–H and O–H groups in total. The molecule has 1 fully saturated rings. The van der Waals surface area contributed by atoms with E-state index < -0.39 is 29.4 Å². The summed E-state index contributed by atoms with van der Waals surface area (Å²) in [6, 6.07) is 3.33. The predicted octanol–water partition coefficient (Wildman–Crippen LogP) is 4.80. The molecule has 2 rings (SSSR count). The zero-order valence-electron chi connectivity index (χ0n) is 12.7. The van der Waals surface area contributed by atoms with Gasteiger partial charge in [-0.05, 0) is 44.4 Å². The first-order valence-electron chi connectivity index (χ1n) is 7.37. The molecule has 1 unspecified atom stereocenters. The number of nitrogens with zero attached hydrogens (tertiary/aromatic N) is 1. The van der Waals surface area contributed by atoms with Crippen LogP contribution in [0.5, 0.6) is 0 Å². The van der Waals surface area contributed by atoms with Crippen LogP contribution in [-0.2, 0) is 4.74 Å². The topological polar surface area (TPSA) is 29.5 Å². The van der Waals surface area contributed by atoms with Crippen molar-refractivity contribution < 1.29 is 18.3 Å². The molecule has 1 aromatic carbocycles. The number of unbranched alkanes of at least 4 members (excludes halogenated alkanes) is 2. The summed E-state index contributed by atoms with van der Waals surface area (Å²) in [5.41, 5.74) is -0.230.